The first kappa shape index (κ1) is 43.3. The highest BCUT2D eigenvalue weighted by Crippen LogP contribution is 2.53. The van der Waals surface area contributed by atoms with E-state index in [1.165, 1.54) is 5.06 Å². The van der Waals surface area contributed by atoms with Gasteiger partial charge in [-0.05, 0) is 86.0 Å². The van der Waals surface area contributed by atoms with Crippen molar-refractivity contribution in [3.8, 4) is 0 Å². The Kier molecular flexibility index (Phi) is 13.7. The van der Waals surface area contributed by atoms with Crippen LogP contribution in [0.2, 0.25) is 0 Å². The lowest BCUT2D eigenvalue weighted by Gasteiger charge is -2.60. The fourth-order valence-corrected chi connectivity index (χ4v) is 9.55. The smallest absolute Gasteiger partial charge is 0.305 e. The van der Waals surface area contributed by atoms with Gasteiger partial charge in [0.05, 0.1) is 32.0 Å². The summed E-state index contributed by atoms with van der Waals surface area (Å²) in [5, 5.41) is 25.2. The topological polar surface area (TPSA) is 136 Å². The molecule has 0 radical (unpaired) electrons. The Morgan fingerprint density at radius 1 is 0.577 bits per heavy atom. The van der Waals surface area contributed by atoms with Crippen LogP contribution < -0.4 is 0 Å². The lowest BCUT2D eigenvalue weighted by molar-refractivity contribution is -0.378. The molecule has 12 nitrogen and oxygen atoms in total. The molecule has 0 unspecified atom stereocenters. The molecule has 0 aromatic carbocycles. The maximum Gasteiger partial charge on any atom is 0.305 e. The van der Waals surface area contributed by atoms with Crippen LogP contribution in [-0.4, -0.2) is 106 Å². The minimum atomic E-state index is -0.998. The van der Waals surface area contributed by atoms with E-state index in [4.69, 9.17) is 28.4 Å². The Bertz CT molecular complexity index is 1100. The zero-order chi connectivity index (χ0) is 38.7. The van der Waals surface area contributed by atoms with Crippen molar-refractivity contribution in [3.63, 3.8) is 0 Å². The average Bonchev–Trinajstić information content (AvgIpc) is 3.11. The molecular weight excluding hydrogens is 668 g/mol. The molecule has 2 N–H and O–H groups in total. The van der Waals surface area contributed by atoms with Gasteiger partial charge in [-0.25, -0.2) is 0 Å². The van der Waals surface area contributed by atoms with E-state index >= 15 is 0 Å². The first-order valence-corrected chi connectivity index (χ1v) is 20.1. The molecule has 4 rings (SSSR count). The number of piperidine rings is 2. The molecule has 302 valence electrons. The number of hydrogen-bond acceptors (Lipinski definition) is 12. The second-order valence-electron chi connectivity index (χ2n) is 18.6. The molecule has 4 aliphatic heterocycles. The van der Waals surface area contributed by atoms with E-state index in [-0.39, 0.29) is 36.1 Å². The van der Waals surface area contributed by atoms with E-state index in [0.29, 0.717) is 65.0 Å². The molecule has 52 heavy (non-hydrogen) atoms. The van der Waals surface area contributed by atoms with Crippen molar-refractivity contribution in [1.82, 2.24) is 10.1 Å². The molecule has 12 heteroatoms. The third-order valence-electron chi connectivity index (χ3n) is 12.8. The molecule has 0 bridgehead atoms. The summed E-state index contributed by atoms with van der Waals surface area (Å²) >= 11 is 0. The van der Waals surface area contributed by atoms with Gasteiger partial charge in [0.1, 0.15) is 13.2 Å². The zero-order valence-electron chi connectivity index (χ0n) is 34.2. The minimum Gasteiger partial charge on any atom is -0.465 e. The lowest BCUT2D eigenvalue weighted by atomic mass is 9.63. The number of nitrogens with zero attached hydrogens (tertiary/aromatic N) is 2. The molecular formula is C40H72N2O10. The number of esters is 2. The predicted octanol–water partition coefficient (Wildman–Crippen LogP) is 7.56. The number of carbonyl (C=O) groups is 2. The van der Waals surface area contributed by atoms with E-state index in [1.807, 2.05) is 27.7 Å². The summed E-state index contributed by atoms with van der Waals surface area (Å²) < 4.78 is 36.6. The third-order valence-corrected chi connectivity index (χ3v) is 12.8. The minimum absolute atomic E-state index is 0.0312. The quantitative estimate of drug-likeness (QED) is 0.127. The van der Waals surface area contributed by atoms with Crippen molar-refractivity contribution in [2.75, 3.05) is 39.6 Å². The van der Waals surface area contributed by atoms with Crippen LogP contribution in [0.4, 0.5) is 0 Å². The fraction of sp³-hybridized carbons (Fsp3) is 0.950. The Balaban J connectivity index is 1.09. The molecule has 0 aromatic rings. The van der Waals surface area contributed by atoms with Gasteiger partial charge in [-0.2, -0.15) is 10.1 Å². The van der Waals surface area contributed by atoms with Crippen LogP contribution in [0, 0.1) is 10.8 Å². The van der Waals surface area contributed by atoms with Crippen LogP contribution in [0.25, 0.3) is 0 Å². The standard InChI is InChI=1S/C40H72N2O10/c1-11-38(12-2)23-37(21-33(5,6)41(38)45)29-49-36(10,50-30-37)28-48-32(44)20-18-16-15-17-19-31(43)47-25-35(9)26-51-40(52-27-35)22-34(7,8)42(46)39(13-3,14-4)24-40/h45-46H,11-30H2,1-10H3. The monoisotopic (exact) mass is 741 g/mol. The molecule has 4 heterocycles. The first-order valence-electron chi connectivity index (χ1n) is 20.1. The lowest BCUT2D eigenvalue weighted by Crippen LogP contribution is -2.69. The number of hydroxylamine groups is 4. The highest BCUT2D eigenvalue weighted by Gasteiger charge is 2.59. The van der Waals surface area contributed by atoms with Crippen molar-refractivity contribution >= 4 is 11.9 Å². The zero-order valence-corrected chi connectivity index (χ0v) is 34.2. The predicted molar refractivity (Wildman–Crippen MR) is 196 cm³/mol. The molecule has 0 saturated carbocycles. The molecule has 0 aromatic heterocycles. The van der Waals surface area contributed by atoms with Crippen molar-refractivity contribution < 1.29 is 48.4 Å². The second kappa shape index (κ2) is 16.4. The highest BCUT2D eigenvalue weighted by molar-refractivity contribution is 5.69. The van der Waals surface area contributed by atoms with Crippen LogP contribution in [0.15, 0.2) is 0 Å². The summed E-state index contributed by atoms with van der Waals surface area (Å²) in [6.45, 7) is 22.5. The first-order chi connectivity index (χ1) is 24.2. The Morgan fingerprint density at radius 3 is 1.50 bits per heavy atom. The highest BCUT2D eigenvalue weighted by atomic mass is 16.7. The maximum absolute atomic E-state index is 12.6. The van der Waals surface area contributed by atoms with Crippen LogP contribution in [-0.2, 0) is 38.0 Å². The van der Waals surface area contributed by atoms with Gasteiger partial charge in [-0.3, -0.25) is 9.59 Å². The van der Waals surface area contributed by atoms with Gasteiger partial charge in [0.25, 0.3) is 0 Å². The normalized spacial score (nSPS) is 32.5. The summed E-state index contributed by atoms with van der Waals surface area (Å²) in [6, 6.07) is 0. The summed E-state index contributed by atoms with van der Waals surface area (Å²) in [7, 11) is 0. The second-order valence-corrected chi connectivity index (χ2v) is 18.6. The largest absolute Gasteiger partial charge is 0.465 e. The van der Waals surface area contributed by atoms with Crippen LogP contribution in [0.5, 0.6) is 0 Å². The molecule has 0 aliphatic carbocycles. The van der Waals surface area contributed by atoms with Gasteiger partial charge in [-0.1, -0.05) is 47.5 Å². The van der Waals surface area contributed by atoms with Crippen LogP contribution in [0.1, 0.15) is 159 Å². The average molecular weight is 741 g/mol. The summed E-state index contributed by atoms with van der Waals surface area (Å²) in [5.74, 6) is -2.29. The molecule has 0 amide bonds. The summed E-state index contributed by atoms with van der Waals surface area (Å²) in [4.78, 5) is 25.1. The van der Waals surface area contributed by atoms with E-state index in [1.54, 1.807) is 5.06 Å². The van der Waals surface area contributed by atoms with Crippen molar-refractivity contribution in [2.45, 2.75) is 193 Å². The summed E-state index contributed by atoms with van der Waals surface area (Å²) in [5.41, 5.74) is -2.30. The van der Waals surface area contributed by atoms with Gasteiger partial charge in [-0.15, -0.1) is 0 Å². The van der Waals surface area contributed by atoms with Gasteiger partial charge < -0.3 is 38.8 Å². The Morgan fingerprint density at radius 2 is 1.02 bits per heavy atom. The van der Waals surface area contributed by atoms with Gasteiger partial charge in [0.15, 0.2) is 11.6 Å². The van der Waals surface area contributed by atoms with Gasteiger partial charge >= 0.3 is 11.9 Å². The third kappa shape index (κ3) is 9.52. The number of rotatable bonds is 15. The van der Waals surface area contributed by atoms with E-state index in [2.05, 4.69) is 41.5 Å². The number of unbranched alkanes of at least 4 members (excludes halogenated alkanes) is 3. The maximum atomic E-state index is 12.6. The molecule has 4 aliphatic rings. The molecule has 4 saturated heterocycles. The van der Waals surface area contributed by atoms with E-state index < -0.39 is 33.6 Å². The van der Waals surface area contributed by atoms with Gasteiger partial charge in [0, 0.05) is 53.1 Å². The number of carbonyl (C=O) groups excluding carboxylic acids is 2. The van der Waals surface area contributed by atoms with Crippen molar-refractivity contribution in [2.24, 2.45) is 10.8 Å². The number of ether oxygens (including phenoxy) is 6. The number of hydrogen-bond donors (Lipinski definition) is 2. The van der Waals surface area contributed by atoms with Crippen molar-refractivity contribution in [3.05, 3.63) is 0 Å². The van der Waals surface area contributed by atoms with Crippen LogP contribution in [0.3, 0.4) is 0 Å². The van der Waals surface area contributed by atoms with E-state index in [0.717, 1.165) is 51.4 Å². The molecule has 0 atom stereocenters. The van der Waals surface area contributed by atoms with Crippen LogP contribution >= 0.6 is 0 Å². The SMILES string of the molecule is CCC1(CC)CC2(COC(C)(COC(=O)CCCCCCC(=O)OCC3(C)COC4(CC(C)(C)N(O)C(CC)(CC)C4)OC3)OC2)CC(C)(C)N1O. The van der Waals surface area contributed by atoms with Crippen molar-refractivity contribution in [1.29, 1.82) is 0 Å². The van der Waals surface area contributed by atoms with E-state index in [9.17, 15) is 20.0 Å². The van der Waals surface area contributed by atoms with Gasteiger partial charge in [0.2, 0.25) is 0 Å². The fourth-order valence-electron chi connectivity index (χ4n) is 9.55. The molecule has 4 fully saturated rings. The summed E-state index contributed by atoms with van der Waals surface area (Å²) in [6.07, 6.45) is 9.52. The Hall–Kier alpha value is -1.38. The Labute approximate surface area is 313 Å². The molecule has 2 spiro atoms.